The Morgan fingerprint density at radius 2 is 1.38 bits per heavy atom. The molecule has 0 N–H and O–H groups in total. The highest BCUT2D eigenvalue weighted by Crippen LogP contribution is 2.52. The fourth-order valence-electron chi connectivity index (χ4n) is 4.70. The van der Waals surface area contributed by atoms with Gasteiger partial charge in [0.2, 0.25) is 0 Å². The lowest BCUT2D eigenvalue weighted by Crippen LogP contribution is -2.60. The molecule has 0 aromatic carbocycles. The van der Waals surface area contributed by atoms with E-state index in [9.17, 15) is 0 Å². The molecular formula is C20H48OSi3. The molecule has 2 atom stereocenters. The Kier molecular flexibility index (Phi) is 9.76. The second kappa shape index (κ2) is 9.52. The van der Waals surface area contributed by atoms with Gasteiger partial charge in [0.05, 0.1) is 16.1 Å². The number of unbranched alkanes of at least 4 members (excludes halogenated alkanes) is 1. The van der Waals surface area contributed by atoms with Gasteiger partial charge in [0.15, 0.2) is 8.32 Å². The Morgan fingerprint density at radius 1 is 0.833 bits per heavy atom. The van der Waals surface area contributed by atoms with Crippen molar-refractivity contribution in [2.24, 2.45) is 0 Å². The third kappa shape index (κ3) is 5.55. The van der Waals surface area contributed by atoms with Crippen molar-refractivity contribution in [3.8, 4) is 0 Å². The van der Waals surface area contributed by atoms with E-state index in [4.69, 9.17) is 4.43 Å². The van der Waals surface area contributed by atoms with Crippen LogP contribution in [0.15, 0.2) is 0 Å². The van der Waals surface area contributed by atoms with Crippen molar-refractivity contribution < 1.29 is 4.43 Å². The maximum atomic E-state index is 7.16. The minimum absolute atomic E-state index is 0.458. The highest BCUT2D eigenvalue weighted by Gasteiger charge is 2.55. The highest BCUT2D eigenvalue weighted by molar-refractivity contribution is 6.97. The summed E-state index contributed by atoms with van der Waals surface area (Å²) in [5.74, 6) is 0. The zero-order chi connectivity index (χ0) is 19.2. The lowest BCUT2D eigenvalue weighted by molar-refractivity contribution is 0.241. The Bertz CT molecular complexity index is 366. The first-order chi connectivity index (χ1) is 10.8. The average Bonchev–Trinajstić information content (AvgIpc) is 2.49. The zero-order valence-electron chi connectivity index (χ0n) is 18.9. The summed E-state index contributed by atoms with van der Waals surface area (Å²) < 4.78 is 7.62. The Labute approximate surface area is 157 Å². The average molecular weight is 389 g/mol. The smallest absolute Gasteiger partial charge is 0.189 e. The van der Waals surface area contributed by atoms with Gasteiger partial charge in [-0.05, 0) is 24.2 Å². The molecule has 24 heavy (non-hydrogen) atoms. The maximum absolute atomic E-state index is 7.16. The molecular weight excluding hydrogens is 340 g/mol. The minimum Gasteiger partial charge on any atom is -0.417 e. The van der Waals surface area contributed by atoms with E-state index in [0.717, 1.165) is 0 Å². The first-order valence-corrected chi connectivity index (χ1v) is 19.9. The molecule has 0 saturated heterocycles. The van der Waals surface area contributed by atoms with Crippen molar-refractivity contribution in [1.29, 1.82) is 0 Å². The summed E-state index contributed by atoms with van der Waals surface area (Å²) in [5, 5.41) is 0. The topological polar surface area (TPSA) is 9.23 Å². The molecule has 0 aromatic rings. The lowest BCUT2D eigenvalue weighted by atomic mass is 10.3. The van der Waals surface area contributed by atoms with Crippen LogP contribution in [0.25, 0.3) is 0 Å². The largest absolute Gasteiger partial charge is 0.417 e. The molecule has 0 aliphatic rings. The molecule has 0 bridgehead atoms. The monoisotopic (exact) mass is 388 g/mol. The van der Waals surface area contributed by atoms with E-state index < -0.39 is 24.5 Å². The van der Waals surface area contributed by atoms with Crippen molar-refractivity contribution in [2.75, 3.05) is 0 Å². The normalized spacial score (nSPS) is 17.6. The molecule has 2 unspecified atom stereocenters. The molecule has 0 radical (unpaired) electrons. The van der Waals surface area contributed by atoms with Gasteiger partial charge in [-0.2, -0.15) is 0 Å². The molecule has 4 heteroatoms. The molecule has 0 saturated carbocycles. The van der Waals surface area contributed by atoms with Crippen LogP contribution in [-0.2, 0) is 4.43 Å². The van der Waals surface area contributed by atoms with E-state index in [2.05, 4.69) is 73.9 Å². The Hall–Kier alpha value is 0.611. The first-order valence-electron chi connectivity index (χ1n) is 10.5. The van der Waals surface area contributed by atoms with Crippen molar-refractivity contribution >= 4 is 24.5 Å². The van der Waals surface area contributed by atoms with E-state index >= 15 is 0 Å². The van der Waals surface area contributed by atoms with Gasteiger partial charge in [-0.1, -0.05) is 98.6 Å². The quantitative estimate of drug-likeness (QED) is 0.309. The third-order valence-electron chi connectivity index (χ3n) is 7.26. The zero-order valence-corrected chi connectivity index (χ0v) is 21.9. The van der Waals surface area contributed by atoms with E-state index in [0.29, 0.717) is 10.4 Å². The third-order valence-corrected chi connectivity index (χ3v) is 24.2. The fraction of sp³-hybridized carbons (Fsp3) is 1.00. The number of rotatable bonds is 12. The van der Waals surface area contributed by atoms with E-state index in [1.54, 1.807) is 0 Å². The molecule has 0 aliphatic heterocycles. The Morgan fingerprint density at radius 3 is 1.75 bits per heavy atom. The molecule has 0 aliphatic carbocycles. The van der Waals surface area contributed by atoms with Crippen LogP contribution < -0.4 is 0 Å². The molecule has 0 heterocycles. The van der Waals surface area contributed by atoms with Gasteiger partial charge >= 0.3 is 0 Å². The van der Waals surface area contributed by atoms with E-state index in [1.807, 2.05) is 0 Å². The van der Waals surface area contributed by atoms with Gasteiger partial charge in [0.25, 0.3) is 0 Å². The molecule has 0 fully saturated rings. The summed E-state index contributed by atoms with van der Waals surface area (Å²) in [6.45, 7) is 27.5. The van der Waals surface area contributed by atoms with Crippen molar-refractivity contribution in [3.05, 3.63) is 0 Å². The van der Waals surface area contributed by atoms with Gasteiger partial charge in [0, 0.05) is 5.73 Å². The summed E-state index contributed by atoms with van der Waals surface area (Å²) in [7, 11) is -4.38. The van der Waals surface area contributed by atoms with Gasteiger partial charge in [0.1, 0.15) is 0 Å². The van der Waals surface area contributed by atoms with Gasteiger partial charge in [-0.25, -0.2) is 0 Å². The van der Waals surface area contributed by atoms with Crippen molar-refractivity contribution in [1.82, 2.24) is 0 Å². The van der Waals surface area contributed by atoms with Crippen LogP contribution in [0.2, 0.25) is 56.0 Å². The van der Waals surface area contributed by atoms with Crippen molar-refractivity contribution in [3.63, 3.8) is 0 Å². The van der Waals surface area contributed by atoms with E-state index in [1.165, 1.54) is 44.2 Å². The van der Waals surface area contributed by atoms with Crippen LogP contribution in [0.1, 0.15) is 66.7 Å². The van der Waals surface area contributed by atoms with Crippen LogP contribution in [0.4, 0.5) is 0 Å². The molecule has 0 rings (SSSR count). The molecule has 0 aromatic heterocycles. The molecule has 0 amide bonds. The predicted molar refractivity (Wildman–Crippen MR) is 121 cm³/mol. The van der Waals surface area contributed by atoms with Crippen LogP contribution in [0, 0.1) is 0 Å². The van der Waals surface area contributed by atoms with Crippen LogP contribution in [0.3, 0.4) is 0 Å². The minimum atomic E-state index is -1.77. The van der Waals surface area contributed by atoms with E-state index in [-0.39, 0.29) is 0 Å². The molecule has 0 spiro atoms. The van der Waals surface area contributed by atoms with Crippen molar-refractivity contribution in [2.45, 2.75) is 128 Å². The summed E-state index contributed by atoms with van der Waals surface area (Å²) in [6.07, 6.45) is 6.52. The summed E-state index contributed by atoms with van der Waals surface area (Å²) in [5.41, 5.74) is 0.543. The van der Waals surface area contributed by atoms with Gasteiger partial charge in [-0.3, -0.25) is 0 Å². The maximum Gasteiger partial charge on any atom is 0.189 e. The molecule has 1 nitrogen and oxygen atoms in total. The standard InChI is InChI=1S/C20H48OSi3/c1-12-16-18-23(8,9)20(5,15-4)24(10,11)21-19(14-3)22(6,7)17-13-2/h19H,12-18H2,1-11H3. The van der Waals surface area contributed by atoms with Gasteiger partial charge in [-0.15, -0.1) is 0 Å². The number of hydrogen-bond donors (Lipinski definition) is 0. The lowest BCUT2D eigenvalue weighted by Gasteiger charge is -2.53. The summed E-state index contributed by atoms with van der Waals surface area (Å²) in [4.78, 5) is 0. The second-order valence-corrected chi connectivity index (χ2v) is 25.3. The number of hydrogen-bond acceptors (Lipinski definition) is 1. The van der Waals surface area contributed by atoms with Crippen LogP contribution >= 0.6 is 0 Å². The molecule has 146 valence electrons. The predicted octanol–water partition coefficient (Wildman–Crippen LogP) is 7.86. The SMILES string of the molecule is CCCC[Si](C)(C)C(C)(CC)[Si](C)(C)OC(CC)[Si](C)(C)CCC. The second-order valence-electron chi connectivity index (χ2n) is 9.94. The summed E-state index contributed by atoms with van der Waals surface area (Å²) >= 11 is 0. The van der Waals surface area contributed by atoms with Crippen LogP contribution in [0.5, 0.6) is 0 Å². The van der Waals surface area contributed by atoms with Gasteiger partial charge < -0.3 is 4.43 Å². The highest BCUT2D eigenvalue weighted by atomic mass is 28.4. The Balaban J connectivity index is 5.56. The summed E-state index contributed by atoms with van der Waals surface area (Å²) in [6, 6.07) is 2.86. The van der Waals surface area contributed by atoms with Crippen LogP contribution in [-0.4, -0.2) is 30.2 Å². The first kappa shape index (κ1) is 24.6. The fourth-order valence-corrected chi connectivity index (χ4v) is 21.4.